The Labute approximate surface area is 73.0 Å². The molecule has 0 aliphatic carbocycles. The Kier molecular flexibility index (Phi) is 1.66. The number of rotatable bonds is 1. The zero-order valence-corrected chi connectivity index (χ0v) is 7.45. The average Bonchev–Trinajstić information content (AvgIpc) is 2.50. The van der Waals surface area contributed by atoms with Crippen LogP contribution >= 0.6 is 15.9 Å². The van der Waals surface area contributed by atoms with Crippen molar-refractivity contribution in [2.45, 2.75) is 5.33 Å². The Balaban J connectivity index is 2.67. The quantitative estimate of drug-likeness (QED) is 0.661. The first-order chi connectivity index (χ1) is 5.40. The van der Waals surface area contributed by atoms with Crippen molar-refractivity contribution in [3.05, 3.63) is 36.4 Å². The van der Waals surface area contributed by atoms with Gasteiger partial charge in [-0.1, -0.05) is 22.0 Å². The minimum atomic E-state index is 0.890. The number of hydrogen-bond acceptors (Lipinski definition) is 1. The van der Waals surface area contributed by atoms with Crippen LogP contribution in [0.4, 0.5) is 0 Å². The molecule has 2 rings (SSSR count). The van der Waals surface area contributed by atoms with E-state index in [0.717, 1.165) is 10.8 Å². The third-order valence-electron chi connectivity index (χ3n) is 1.62. The second-order valence-corrected chi connectivity index (χ2v) is 2.96. The van der Waals surface area contributed by atoms with Crippen LogP contribution in [0.25, 0.3) is 5.52 Å². The minimum absolute atomic E-state index is 0.890. The van der Waals surface area contributed by atoms with E-state index in [1.807, 2.05) is 16.9 Å². The number of alkyl halides is 1. The molecule has 11 heavy (non-hydrogen) atoms. The van der Waals surface area contributed by atoms with Crippen molar-refractivity contribution < 1.29 is 0 Å². The molecule has 0 unspecified atom stereocenters. The van der Waals surface area contributed by atoms with Crippen molar-refractivity contribution >= 4 is 21.4 Å². The van der Waals surface area contributed by atoms with Gasteiger partial charge in [0, 0.05) is 11.5 Å². The molecule has 0 atom stereocenters. The van der Waals surface area contributed by atoms with E-state index in [4.69, 9.17) is 0 Å². The van der Waals surface area contributed by atoms with Crippen LogP contribution in [0.3, 0.4) is 0 Å². The Hall–Kier alpha value is -0.830. The van der Waals surface area contributed by atoms with Gasteiger partial charge in [0.2, 0.25) is 0 Å². The zero-order chi connectivity index (χ0) is 7.68. The van der Waals surface area contributed by atoms with Crippen molar-refractivity contribution in [1.29, 1.82) is 0 Å². The first-order valence-electron chi connectivity index (χ1n) is 3.37. The van der Waals surface area contributed by atoms with Gasteiger partial charge in [0.05, 0.1) is 18.0 Å². The Morgan fingerprint density at radius 1 is 1.45 bits per heavy atom. The van der Waals surface area contributed by atoms with Crippen LogP contribution in [-0.2, 0) is 5.33 Å². The summed E-state index contributed by atoms with van der Waals surface area (Å²) in [5.41, 5.74) is 2.39. The number of pyridine rings is 1. The van der Waals surface area contributed by atoms with E-state index in [0.29, 0.717) is 0 Å². The van der Waals surface area contributed by atoms with Crippen LogP contribution in [0.15, 0.2) is 30.9 Å². The van der Waals surface area contributed by atoms with E-state index in [1.165, 1.54) is 5.56 Å². The molecule has 0 aliphatic rings. The fraction of sp³-hybridized carbons (Fsp3) is 0.125. The molecule has 0 radical (unpaired) electrons. The van der Waals surface area contributed by atoms with Gasteiger partial charge in [-0.05, 0) is 11.6 Å². The number of nitrogens with zero attached hydrogens (tertiary/aromatic N) is 2. The largest absolute Gasteiger partial charge is 0.306 e. The van der Waals surface area contributed by atoms with E-state index in [2.05, 4.69) is 39.2 Å². The van der Waals surface area contributed by atoms with Crippen molar-refractivity contribution in [2.24, 2.45) is 0 Å². The summed E-state index contributed by atoms with van der Waals surface area (Å²) < 4.78 is 2.01. The standard InChI is InChI=1S/C8H7BrN2/c9-3-7-1-2-8-4-10-6-11(8)5-7/h1-2,4-6H,3H2. The molecule has 0 saturated heterocycles. The summed E-state index contributed by atoms with van der Waals surface area (Å²) >= 11 is 3.40. The molecule has 0 N–H and O–H groups in total. The SMILES string of the molecule is BrCc1ccc2cncn2c1. The van der Waals surface area contributed by atoms with Gasteiger partial charge in [0.25, 0.3) is 0 Å². The van der Waals surface area contributed by atoms with Crippen molar-refractivity contribution in [3.63, 3.8) is 0 Å². The van der Waals surface area contributed by atoms with E-state index >= 15 is 0 Å². The molecule has 0 spiro atoms. The third kappa shape index (κ3) is 1.16. The Morgan fingerprint density at radius 2 is 2.36 bits per heavy atom. The number of aromatic nitrogens is 2. The predicted octanol–water partition coefficient (Wildman–Crippen LogP) is 2.23. The second-order valence-electron chi connectivity index (χ2n) is 2.40. The van der Waals surface area contributed by atoms with Crippen molar-refractivity contribution in [3.8, 4) is 0 Å². The molecular weight excluding hydrogens is 204 g/mol. The van der Waals surface area contributed by atoms with Gasteiger partial charge >= 0.3 is 0 Å². The van der Waals surface area contributed by atoms with E-state index in [9.17, 15) is 0 Å². The average molecular weight is 211 g/mol. The first kappa shape index (κ1) is 6.85. The van der Waals surface area contributed by atoms with Gasteiger partial charge in [-0.15, -0.1) is 0 Å². The molecule has 2 heterocycles. The lowest BCUT2D eigenvalue weighted by Crippen LogP contribution is -1.84. The minimum Gasteiger partial charge on any atom is -0.306 e. The van der Waals surface area contributed by atoms with E-state index < -0.39 is 0 Å². The normalized spacial score (nSPS) is 10.6. The van der Waals surface area contributed by atoms with Crippen LogP contribution in [0.1, 0.15) is 5.56 Å². The number of imidazole rings is 1. The fourth-order valence-electron chi connectivity index (χ4n) is 1.04. The highest BCUT2D eigenvalue weighted by Crippen LogP contribution is 2.08. The van der Waals surface area contributed by atoms with Crippen LogP contribution in [0.2, 0.25) is 0 Å². The lowest BCUT2D eigenvalue weighted by Gasteiger charge is -1.96. The summed E-state index contributed by atoms with van der Waals surface area (Å²) in [6, 6.07) is 4.15. The van der Waals surface area contributed by atoms with Gasteiger partial charge in [0.15, 0.2) is 0 Å². The molecule has 0 amide bonds. The lowest BCUT2D eigenvalue weighted by molar-refractivity contribution is 1.13. The van der Waals surface area contributed by atoms with Gasteiger partial charge in [-0.3, -0.25) is 0 Å². The monoisotopic (exact) mass is 210 g/mol. The molecule has 2 aromatic rings. The number of halogens is 1. The molecular formula is C8H7BrN2. The maximum absolute atomic E-state index is 4.02. The highest BCUT2D eigenvalue weighted by atomic mass is 79.9. The maximum Gasteiger partial charge on any atom is 0.0992 e. The molecule has 0 fully saturated rings. The van der Waals surface area contributed by atoms with Crippen LogP contribution in [0, 0.1) is 0 Å². The van der Waals surface area contributed by atoms with Crippen LogP contribution < -0.4 is 0 Å². The zero-order valence-electron chi connectivity index (χ0n) is 5.87. The highest BCUT2D eigenvalue weighted by molar-refractivity contribution is 9.08. The first-order valence-corrected chi connectivity index (χ1v) is 4.49. The smallest absolute Gasteiger partial charge is 0.0992 e. The van der Waals surface area contributed by atoms with Gasteiger partial charge < -0.3 is 4.40 Å². The van der Waals surface area contributed by atoms with Gasteiger partial charge in [-0.2, -0.15) is 0 Å². The predicted molar refractivity (Wildman–Crippen MR) is 47.8 cm³/mol. The topological polar surface area (TPSA) is 17.3 Å². The Bertz CT molecular complexity index is 367. The molecule has 2 nitrogen and oxygen atoms in total. The van der Waals surface area contributed by atoms with Crippen LogP contribution in [0.5, 0.6) is 0 Å². The van der Waals surface area contributed by atoms with E-state index in [-0.39, 0.29) is 0 Å². The van der Waals surface area contributed by atoms with Gasteiger partial charge in [0.1, 0.15) is 0 Å². The lowest BCUT2D eigenvalue weighted by atomic mass is 10.3. The fourth-order valence-corrected chi connectivity index (χ4v) is 1.38. The van der Waals surface area contributed by atoms with Crippen LogP contribution in [-0.4, -0.2) is 9.38 Å². The van der Waals surface area contributed by atoms with Gasteiger partial charge in [-0.25, -0.2) is 4.98 Å². The maximum atomic E-state index is 4.02. The number of hydrogen-bond donors (Lipinski definition) is 0. The van der Waals surface area contributed by atoms with Crippen molar-refractivity contribution in [2.75, 3.05) is 0 Å². The summed E-state index contributed by atoms with van der Waals surface area (Å²) in [6.45, 7) is 0. The summed E-state index contributed by atoms with van der Waals surface area (Å²) in [5.74, 6) is 0. The third-order valence-corrected chi connectivity index (χ3v) is 2.27. The summed E-state index contributed by atoms with van der Waals surface area (Å²) in [5, 5.41) is 0.890. The Morgan fingerprint density at radius 3 is 3.18 bits per heavy atom. The molecule has 3 heteroatoms. The second kappa shape index (κ2) is 2.66. The molecule has 0 aliphatic heterocycles. The molecule has 0 bridgehead atoms. The molecule has 56 valence electrons. The molecule has 0 saturated carbocycles. The molecule has 0 aromatic carbocycles. The molecule has 2 aromatic heterocycles. The van der Waals surface area contributed by atoms with E-state index in [1.54, 1.807) is 0 Å². The summed E-state index contributed by atoms with van der Waals surface area (Å²) in [7, 11) is 0. The number of fused-ring (bicyclic) bond motifs is 1. The van der Waals surface area contributed by atoms with Crippen molar-refractivity contribution in [1.82, 2.24) is 9.38 Å². The summed E-state index contributed by atoms with van der Waals surface area (Å²) in [4.78, 5) is 4.02. The highest BCUT2D eigenvalue weighted by Gasteiger charge is 1.93. The summed E-state index contributed by atoms with van der Waals surface area (Å²) in [6.07, 6.45) is 5.72.